The second-order valence-corrected chi connectivity index (χ2v) is 6.95. The molecule has 0 radical (unpaired) electrons. The molecule has 6 heteroatoms. The van der Waals surface area contributed by atoms with Gasteiger partial charge in [0.05, 0.1) is 5.69 Å². The molecule has 28 heavy (non-hydrogen) atoms. The number of hydrogen-bond acceptors (Lipinski definition) is 3. The Hall–Kier alpha value is -2.89. The second kappa shape index (κ2) is 8.87. The molecule has 2 N–H and O–H groups in total. The summed E-state index contributed by atoms with van der Waals surface area (Å²) in [6, 6.07) is 6.09. The quantitative estimate of drug-likeness (QED) is 0.722. The number of aryl methyl sites for hydroxylation is 2. The summed E-state index contributed by atoms with van der Waals surface area (Å²) < 4.78 is 1.89. The molecule has 0 fully saturated rings. The third-order valence-electron chi connectivity index (χ3n) is 5.18. The standard InChI is InChI=1S/C22H28N4O2/c1-4-13-23-22(28)20-24-19(17-12-7-8-14-26(17)20)21(27)25-18-15(5-2)10-9-11-16(18)6-3/h4,9-11H,1,5-8,12-14H2,2-3H3,(H,23,28)(H,25,27). The van der Waals surface area contributed by atoms with E-state index in [2.05, 4.69) is 36.0 Å². The lowest BCUT2D eigenvalue weighted by molar-refractivity contribution is 0.0942. The molecule has 2 aromatic rings. The monoisotopic (exact) mass is 380 g/mol. The van der Waals surface area contributed by atoms with E-state index in [4.69, 9.17) is 0 Å². The third kappa shape index (κ3) is 3.86. The minimum absolute atomic E-state index is 0.246. The van der Waals surface area contributed by atoms with Crippen LogP contribution in [-0.4, -0.2) is 27.9 Å². The van der Waals surface area contributed by atoms with Crippen molar-refractivity contribution in [3.63, 3.8) is 0 Å². The van der Waals surface area contributed by atoms with Crippen molar-refractivity contribution in [1.82, 2.24) is 14.9 Å². The van der Waals surface area contributed by atoms with E-state index >= 15 is 0 Å². The minimum Gasteiger partial charge on any atom is -0.346 e. The van der Waals surface area contributed by atoms with Gasteiger partial charge in [-0.25, -0.2) is 4.98 Å². The number of carbonyl (C=O) groups is 2. The summed E-state index contributed by atoms with van der Waals surface area (Å²) in [5.74, 6) is -0.212. The maximum atomic E-state index is 13.1. The highest BCUT2D eigenvalue weighted by Crippen LogP contribution is 2.26. The Bertz CT molecular complexity index is 876. The molecule has 0 bridgehead atoms. The Morgan fingerprint density at radius 3 is 2.54 bits per heavy atom. The smallest absolute Gasteiger partial charge is 0.287 e. The first-order valence-corrected chi connectivity index (χ1v) is 10.0. The number of rotatable bonds is 7. The van der Waals surface area contributed by atoms with Gasteiger partial charge in [0, 0.05) is 18.8 Å². The zero-order chi connectivity index (χ0) is 20.1. The highest BCUT2D eigenvalue weighted by atomic mass is 16.2. The minimum atomic E-state index is -0.273. The van der Waals surface area contributed by atoms with Crippen molar-refractivity contribution in [3.05, 3.63) is 59.2 Å². The highest BCUT2D eigenvalue weighted by molar-refractivity contribution is 6.05. The van der Waals surface area contributed by atoms with E-state index in [-0.39, 0.29) is 11.8 Å². The third-order valence-corrected chi connectivity index (χ3v) is 5.18. The van der Waals surface area contributed by atoms with E-state index in [1.807, 2.05) is 22.8 Å². The van der Waals surface area contributed by atoms with Crippen LogP contribution in [0.4, 0.5) is 5.69 Å². The molecule has 0 atom stereocenters. The Morgan fingerprint density at radius 2 is 1.89 bits per heavy atom. The van der Waals surface area contributed by atoms with Crippen molar-refractivity contribution in [2.75, 3.05) is 11.9 Å². The van der Waals surface area contributed by atoms with Crippen molar-refractivity contribution >= 4 is 17.5 Å². The molecule has 6 nitrogen and oxygen atoms in total. The van der Waals surface area contributed by atoms with Crippen molar-refractivity contribution in [2.24, 2.45) is 0 Å². The summed E-state index contributed by atoms with van der Waals surface area (Å²) >= 11 is 0. The van der Waals surface area contributed by atoms with E-state index in [0.29, 0.717) is 24.6 Å². The van der Waals surface area contributed by atoms with Crippen molar-refractivity contribution < 1.29 is 9.59 Å². The number of nitrogens with one attached hydrogen (secondary N) is 2. The summed E-state index contributed by atoms with van der Waals surface area (Å²) in [4.78, 5) is 30.1. The van der Waals surface area contributed by atoms with Gasteiger partial charge in [-0.2, -0.15) is 0 Å². The summed E-state index contributed by atoms with van der Waals surface area (Å²) in [6.45, 7) is 8.84. The van der Waals surface area contributed by atoms with Gasteiger partial charge in [0.1, 0.15) is 0 Å². The normalized spacial score (nSPS) is 12.9. The summed E-state index contributed by atoms with van der Waals surface area (Å²) in [5.41, 5.74) is 4.28. The number of carbonyl (C=O) groups excluding carboxylic acids is 2. The average molecular weight is 380 g/mol. The van der Waals surface area contributed by atoms with Crippen LogP contribution < -0.4 is 10.6 Å². The molecule has 0 saturated carbocycles. The molecule has 1 aromatic heterocycles. The van der Waals surface area contributed by atoms with E-state index in [1.165, 1.54) is 0 Å². The van der Waals surface area contributed by atoms with Crippen molar-refractivity contribution in [2.45, 2.75) is 52.5 Å². The predicted octanol–water partition coefficient (Wildman–Crippen LogP) is 3.51. The number of fused-ring (bicyclic) bond motifs is 1. The lowest BCUT2D eigenvalue weighted by Crippen LogP contribution is -2.28. The van der Waals surface area contributed by atoms with Gasteiger partial charge in [-0.05, 0) is 43.2 Å². The summed E-state index contributed by atoms with van der Waals surface area (Å²) in [6.07, 6.45) is 6.01. The summed E-state index contributed by atoms with van der Waals surface area (Å²) in [5, 5.41) is 5.85. The Morgan fingerprint density at radius 1 is 1.18 bits per heavy atom. The van der Waals surface area contributed by atoms with Crippen LogP contribution in [0.25, 0.3) is 0 Å². The Labute approximate surface area is 166 Å². The number of imidazole rings is 1. The Balaban J connectivity index is 1.96. The fourth-order valence-corrected chi connectivity index (χ4v) is 3.72. The van der Waals surface area contributed by atoms with Gasteiger partial charge in [-0.15, -0.1) is 6.58 Å². The first-order valence-electron chi connectivity index (χ1n) is 10.0. The van der Waals surface area contributed by atoms with Crippen LogP contribution in [0.15, 0.2) is 30.9 Å². The maximum absolute atomic E-state index is 13.1. The van der Waals surface area contributed by atoms with Gasteiger partial charge >= 0.3 is 0 Å². The van der Waals surface area contributed by atoms with E-state index in [1.54, 1.807) is 6.08 Å². The van der Waals surface area contributed by atoms with E-state index in [0.717, 1.165) is 54.6 Å². The van der Waals surface area contributed by atoms with Gasteiger partial charge in [0.25, 0.3) is 11.8 Å². The van der Waals surface area contributed by atoms with Gasteiger partial charge in [-0.3, -0.25) is 9.59 Å². The fourth-order valence-electron chi connectivity index (χ4n) is 3.72. The topological polar surface area (TPSA) is 76.0 Å². The number of hydrogen-bond donors (Lipinski definition) is 2. The van der Waals surface area contributed by atoms with Crippen molar-refractivity contribution in [3.8, 4) is 0 Å². The molecule has 0 aliphatic carbocycles. The molecule has 2 amide bonds. The first-order chi connectivity index (χ1) is 13.6. The van der Waals surface area contributed by atoms with Crippen LogP contribution in [0, 0.1) is 0 Å². The van der Waals surface area contributed by atoms with Gasteiger partial charge in [0.15, 0.2) is 11.5 Å². The van der Waals surface area contributed by atoms with E-state index in [9.17, 15) is 9.59 Å². The lowest BCUT2D eigenvalue weighted by Gasteiger charge is -2.17. The van der Waals surface area contributed by atoms with Crippen LogP contribution in [0.5, 0.6) is 0 Å². The largest absolute Gasteiger partial charge is 0.346 e. The van der Waals surface area contributed by atoms with Crippen LogP contribution >= 0.6 is 0 Å². The van der Waals surface area contributed by atoms with Gasteiger partial charge in [0.2, 0.25) is 0 Å². The van der Waals surface area contributed by atoms with E-state index < -0.39 is 0 Å². The molecule has 148 valence electrons. The molecule has 0 unspecified atom stereocenters. The SMILES string of the molecule is C=CCNC(=O)c1nc(C(=O)Nc2c(CC)cccc2CC)c2n1CCCC2. The molecule has 2 heterocycles. The predicted molar refractivity (Wildman–Crippen MR) is 111 cm³/mol. The fraction of sp³-hybridized carbons (Fsp3) is 0.409. The molecular weight excluding hydrogens is 352 g/mol. The number of para-hydroxylation sites is 1. The molecule has 0 saturated heterocycles. The molecular formula is C22H28N4O2. The zero-order valence-electron chi connectivity index (χ0n) is 16.7. The first kappa shape index (κ1) is 19.9. The number of amides is 2. The maximum Gasteiger partial charge on any atom is 0.287 e. The number of anilines is 1. The van der Waals surface area contributed by atoms with Crippen LogP contribution in [-0.2, 0) is 25.8 Å². The van der Waals surface area contributed by atoms with Crippen molar-refractivity contribution in [1.29, 1.82) is 0 Å². The van der Waals surface area contributed by atoms with Gasteiger partial charge < -0.3 is 15.2 Å². The van der Waals surface area contributed by atoms with Crippen LogP contribution in [0.2, 0.25) is 0 Å². The molecule has 0 spiro atoms. The van der Waals surface area contributed by atoms with Crippen LogP contribution in [0.3, 0.4) is 0 Å². The zero-order valence-corrected chi connectivity index (χ0v) is 16.7. The second-order valence-electron chi connectivity index (χ2n) is 6.95. The number of benzene rings is 1. The number of aromatic nitrogens is 2. The molecule has 1 aromatic carbocycles. The van der Waals surface area contributed by atoms with Crippen LogP contribution in [0.1, 0.15) is 64.6 Å². The molecule has 1 aliphatic heterocycles. The van der Waals surface area contributed by atoms with Gasteiger partial charge in [-0.1, -0.05) is 38.1 Å². The lowest BCUT2D eigenvalue weighted by atomic mass is 10.0. The highest BCUT2D eigenvalue weighted by Gasteiger charge is 2.27. The molecule has 3 rings (SSSR count). The average Bonchev–Trinajstić information content (AvgIpc) is 3.12. The Kier molecular flexibility index (Phi) is 6.29. The number of nitrogens with zero attached hydrogens (tertiary/aromatic N) is 2. The molecule has 1 aliphatic rings. The summed E-state index contributed by atoms with van der Waals surface area (Å²) in [7, 11) is 0.